The lowest BCUT2D eigenvalue weighted by Gasteiger charge is -2.11. The van der Waals surface area contributed by atoms with Crippen molar-refractivity contribution in [3.8, 4) is 0 Å². The SMILES string of the molecule is Cc1ccc(NN)c(C(=O)Nc2c(F)cccc2F)c1. The molecule has 0 saturated carbocycles. The van der Waals surface area contributed by atoms with Crippen molar-refractivity contribution >= 4 is 17.3 Å². The number of hydrogen-bond acceptors (Lipinski definition) is 3. The summed E-state index contributed by atoms with van der Waals surface area (Å²) < 4.78 is 27.0. The lowest BCUT2D eigenvalue weighted by Crippen LogP contribution is -2.18. The van der Waals surface area contributed by atoms with Crippen molar-refractivity contribution in [2.24, 2.45) is 5.84 Å². The number of nitrogen functional groups attached to an aromatic ring is 1. The number of rotatable bonds is 3. The molecule has 0 fully saturated rings. The topological polar surface area (TPSA) is 67.1 Å². The minimum atomic E-state index is -0.840. The van der Waals surface area contributed by atoms with Crippen molar-refractivity contribution in [2.45, 2.75) is 6.92 Å². The fraction of sp³-hybridized carbons (Fsp3) is 0.0714. The number of carbonyl (C=O) groups excluding carboxylic acids is 1. The Kier molecular flexibility index (Phi) is 3.95. The number of nitrogens with one attached hydrogen (secondary N) is 2. The van der Waals surface area contributed by atoms with Gasteiger partial charge in [-0.25, -0.2) is 8.78 Å². The predicted octanol–water partition coefficient (Wildman–Crippen LogP) is 2.81. The van der Waals surface area contributed by atoms with Crippen LogP contribution in [0.1, 0.15) is 15.9 Å². The van der Waals surface area contributed by atoms with Crippen LogP contribution in [0.25, 0.3) is 0 Å². The summed E-state index contributed by atoms with van der Waals surface area (Å²) in [7, 11) is 0. The molecular weight excluding hydrogens is 264 g/mol. The Morgan fingerprint density at radius 1 is 1.15 bits per heavy atom. The first-order chi connectivity index (χ1) is 9.52. The van der Waals surface area contributed by atoms with Crippen LogP contribution in [0.3, 0.4) is 0 Å². The van der Waals surface area contributed by atoms with Crippen LogP contribution in [-0.4, -0.2) is 5.91 Å². The summed E-state index contributed by atoms with van der Waals surface area (Å²) in [6.07, 6.45) is 0. The minimum absolute atomic E-state index is 0.204. The molecule has 1 amide bonds. The van der Waals surface area contributed by atoms with Crippen LogP contribution in [-0.2, 0) is 0 Å². The molecule has 0 unspecified atom stereocenters. The highest BCUT2D eigenvalue weighted by Gasteiger charge is 2.16. The zero-order valence-electron chi connectivity index (χ0n) is 10.7. The highest BCUT2D eigenvalue weighted by Crippen LogP contribution is 2.22. The normalized spacial score (nSPS) is 10.2. The number of anilines is 2. The van der Waals surface area contributed by atoms with Gasteiger partial charge in [-0.2, -0.15) is 0 Å². The van der Waals surface area contributed by atoms with Crippen molar-refractivity contribution in [3.05, 3.63) is 59.2 Å². The third kappa shape index (κ3) is 2.75. The Morgan fingerprint density at radius 3 is 2.40 bits per heavy atom. The van der Waals surface area contributed by atoms with E-state index in [1.54, 1.807) is 25.1 Å². The first-order valence-electron chi connectivity index (χ1n) is 5.85. The summed E-state index contributed by atoms with van der Waals surface area (Å²) in [5.41, 5.74) is 3.28. The summed E-state index contributed by atoms with van der Waals surface area (Å²) in [5, 5.41) is 2.21. The maximum Gasteiger partial charge on any atom is 0.257 e. The first kappa shape index (κ1) is 14.0. The number of carbonyl (C=O) groups is 1. The number of nitrogens with two attached hydrogens (primary N) is 1. The highest BCUT2D eigenvalue weighted by atomic mass is 19.1. The molecule has 0 aliphatic heterocycles. The minimum Gasteiger partial charge on any atom is -0.323 e. The van der Waals surface area contributed by atoms with Crippen LogP contribution in [0, 0.1) is 18.6 Å². The van der Waals surface area contributed by atoms with Crippen LogP contribution in [0.4, 0.5) is 20.2 Å². The zero-order chi connectivity index (χ0) is 14.7. The molecule has 0 bridgehead atoms. The van der Waals surface area contributed by atoms with E-state index in [1.807, 2.05) is 0 Å². The van der Waals surface area contributed by atoms with Gasteiger partial charge in [-0.1, -0.05) is 17.7 Å². The van der Waals surface area contributed by atoms with E-state index in [1.165, 1.54) is 6.07 Å². The van der Waals surface area contributed by atoms with E-state index >= 15 is 0 Å². The van der Waals surface area contributed by atoms with Gasteiger partial charge in [0.1, 0.15) is 17.3 Å². The second-order valence-corrected chi connectivity index (χ2v) is 4.24. The molecule has 20 heavy (non-hydrogen) atoms. The number of hydrogen-bond donors (Lipinski definition) is 3. The van der Waals surface area contributed by atoms with Crippen LogP contribution in [0.2, 0.25) is 0 Å². The van der Waals surface area contributed by atoms with Crippen molar-refractivity contribution < 1.29 is 13.6 Å². The van der Waals surface area contributed by atoms with Gasteiger partial charge in [0.2, 0.25) is 0 Å². The Bertz CT molecular complexity index is 639. The van der Waals surface area contributed by atoms with E-state index in [-0.39, 0.29) is 5.56 Å². The zero-order valence-corrected chi connectivity index (χ0v) is 10.7. The van der Waals surface area contributed by atoms with Crippen LogP contribution in [0.5, 0.6) is 0 Å². The summed E-state index contributed by atoms with van der Waals surface area (Å²) in [6.45, 7) is 1.79. The van der Waals surface area contributed by atoms with Gasteiger partial charge in [-0.05, 0) is 31.2 Å². The fourth-order valence-electron chi connectivity index (χ4n) is 1.77. The molecule has 104 valence electrons. The summed E-state index contributed by atoms with van der Waals surface area (Å²) in [4.78, 5) is 12.1. The number of benzene rings is 2. The van der Waals surface area contributed by atoms with Gasteiger partial charge in [-0.3, -0.25) is 10.6 Å². The standard InChI is InChI=1S/C14H13F2N3O/c1-8-5-6-12(19-17)9(7-8)14(20)18-13-10(15)3-2-4-11(13)16/h2-7,19H,17H2,1H3,(H,18,20). The predicted molar refractivity (Wildman–Crippen MR) is 73.3 cm³/mol. The average molecular weight is 277 g/mol. The largest absolute Gasteiger partial charge is 0.323 e. The van der Waals surface area contributed by atoms with E-state index < -0.39 is 23.2 Å². The molecule has 4 nitrogen and oxygen atoms in total. The van der Waals surface area contributed by atoms with Crippen molar-refractivity contribution in [2.75, 3.05) is 10.7 Å². The van der Waals surface area contributed by atoms with Crippen molar-refractivity contribution in [3.63, 3.8) is 0 Å². The molecule has 0 spiro atoms. The first-order valence-corrected chi connectivity index (χ1v) is 5.85. The molecular formula is C14H13F2N3O. The lowest BCUT2D eigenvalue weighted by atomic mass is 10.1. The Labute approximate surface area is 114 Å². The molecule has 0 aromatic heterocycles. The van der Waals surface area contributed by atoms with Gasteiger partial charge in [0.15, 0.2) is 0 Å². The smallest absolute Gasteiger partial charge is 0.257 e. The lowest BCUT2D eigenvalue weighted by molar-refractivity contribution is 0.102. The maximum atomic E-state index is 13.5. The fourth-order valence-corrected chi connectivity index (χ4v) is 1.77. The van der Waals surface area contributed by atoms with Crippen molar-refractivity contribution in [1.82, 2.24) is 0 Å². The molecule has 0 aliphatic carbocycles. The van der Waals surface area contributed by atoms with E-state index in [9.17, 15) is 13.6 Å². The monoisotopic (exact) mass is 277 g/mol. The van der Waals surface area contributed by atoms with E-state index in [0.717, 1.165) is 17.7 Å². The quantitative estimate of drug-likeness (QED) is 0.597. The molecule has 2 rings (SSSR count). The Morgan fingerprint density at radius 2 is 1.80 bits per heavy atom. The van der Waals surface area contributed by atoms with Gasteiger partial charge < -0.3 is 10.7 Å². The third-order valence-corrected chi connectivity index (χ3v) is 2.78. The van der Waals surface area contributed by atoms with Gasteiger partial charge in [0.05, 0.1) is 11.3 Å². The molecule has 0 heterocycles. The molecule has 0 aliphatic rings. The van der Waals surface area contributed by atoms with E-state index in [4.69, 9.17) is 5.84 Å². The molecule has 4 N–H and O–H groups in total. The van der Waals surface area contributed by atoms with Crippen LogP contribution >= 0.6 is 0 Å². The van der Waals surface area contributed by atoms with E-state index in [0.29, 0.717) is 5.69 Å². The Balaban J connectivity index is 2.35. The van der Waals surface area contributed by atoms with Gasteiger partial charge in [0.25, 0.3) is 5.91 Å². The molecule has 0 radical (unpaired) electrons. The number of aryl methyl sites for hydroxylation is 1. The highest BCUT2D eigenvalue weighted by molar-refractivity contribution is 6.08. The number of para-hydroxylation sites is 1. The number of halogens is 2. The number of hydrazine groups is 1. The summed E-state index contributed by atoms with van der Waals surface area (Å²) >= 11 is 0. The summed E-state index contributed by atoms with van der Waals surface area (Å²) in [5.74, 6) is 2.99. The second-order valence-electron chi connectivity index (χ2n) is 4.24. The molecule has 0 saturated heterocycles. The maximum absolute atomic E-state index is 13.5. The van der Waals surface area contributed by atoms with E-state index in [2.05, 4.69) is 10.7 Å². The molecule has 0 atom stereocenters. The second kappa shape index (κ2) is 5.66. The van der Waals surface area contributed by atoms with Crippen LogP contribution in [0.15, 0.2) is 36.4 Å². The summed E-state index contributed by atoms with van der Waals surface area (Å²) in [6, 6.07) is 8.30. The molecule has 6 heteroatoms. The third-order valence-electron chi connectivity index (χ3n) is 2.78. The van der Waals surface area contributed by atoms with Gasteiger partial charge >= 0.3 is 0 Å². The average Bonchev–Trinajstić information content (AvgIpc) is 2.43. The van der Waals surface area contributed by atoms with Crippen molar-refractivity contribution in [1.29, 1.82) is 0 Å². The molecule has 2 aromatic carbocycles. The Hall–Kier alpha value is -2.47. The molecule has 2 aromatic rings. The van der Waals surface area contributed by atoms with Crippen LogP contribution < -0.4 is 16.6 Å². The number of amides is 1. The van der Waals surface area contributed by atoms with Gasteiger partial charge in [0, 0.05) is 0 Å². The van der Waals surface area contributed by atoms with Gasteiger partial charge in [-0.15, -0.1) is 0 Å².